The van der Waals surface area contributed by atoms with Crippen molar-refractivity contribution in [3.63, 3.8) is 0 Å². The van der Waals surface area contributed by atoms with Crippen molar-refractivity contribution in [2.45, 2.75) is 25.7 Å². The van der Waals surface area contributed by atoms with E-state index in [9.17, 15) is 14.9 Å². The molecule has 1 aromatic heterocycles. The number of rotatable bonds is 5. The molecule has 1 aromatic rings. The number of hydrogen-bond donors (Lipinski definition) is 0. The summed E-state index contributed by atoms with van der Waals surface area (Å²) in [5, 5.41) is 11.6. The lowest BCUT2D eigenvalue weighted by Crippen LogP contribution is -2.30. The van der Waals surface area contributed by atoms with E-state index in [1.54, 1.807) is 7.05 Å². The van der Waals surface area contributed by atoms with Gasteiger partial charge in [-0.05, 0) is 12.8 Å². The average Bonchev–Trinajstić information content (AvgIpc) is 2.82. The molecule has 23 heavy (non-hydrogen) atoms. The predicted octanol–water partition coefficient (Wildman–Crippen LogP) is 1.37. The lowest BCUT2D eigenvalue weighted by Gasteiger charge is -2.23. The molecule has 1 aliphatic rings. The third-order valence-corrected chi connectivity index (χ3v) is 3.83. The van der Waals surface area contributed by atoms with Crippen LogP contribution in [0.5, 0.6) is 0 Å². The number of methoxy groups -OCH3 is 1. The Hall–Kier alpha value is -2.45. The van der Waals surface area contributed by atoms with Crippen molar-refractivity contribution in [2.24, 2.45) is 0 Å². The fourth-order valence-electron chi connectivity index (χ4n) is 2.65. The van der Waals surface area contributed by atoms with Crippen LogP contribution in [-0.2, 0) is 9.53 Å². The van der Waals surface area contributed by atoms with Gasteiger partial charge in [-0.15, -0.1) is 0 Å². The van der Waals surface area contributed by atoms with E-state index in [-0.39, 0.29) is 18.1 Å². The van der Waals surface area contributed by atoms with Crippen molar-refractivity contribution >= 4 is 23.3 Å². The number of likely N-dealkylation sites (N-methyl/N-ethyl adjacent to an activating group) is 1. The van der Waals surface area contributed by atoms with E-state index in [2.05, 4.69) is 14.7 Å². The van der Waals surface area contributed by atoms with E-state index in [0.717, 1.165) is 38.8 Å². The summed E-state index contributed by atoms with van der Waals surface area (Å²) in [7, 11) is 2.84. The summed E-state index contributed by atoms with van der Waals surface area (Å²) < 4.78 is 4.60. The molecule has 0 N–H and O–H groups in total. The van der Waals surface area contributed by atoms with Gasteiger partial charge in [-0.1, -0.05) is 12.8 Å². The number of hydrogen-bond acceptors (Lipinski definition) is 8. The lowest BCUT2D eigenvalue weighted by molar-refractivity contribution is -0.383. The molecule has 2 heterocycles. The Bertz CT molecular complexity index is 572. The van der Waals surface area contributed by atoms with Gasteiger partial charge in [0, 0.05) is 20.1 Å². The smallest absolute Gasteiger partial charge is 0.353 e. The van der Waals surface area contributed by atoms with Crippen LogP contribution in [0.25, 0.3) is 0 Å². The Kier molecular flexibility index (Phi) is 5.67. The Labute approximate surface area is 134 Å². The predicted molar refractivity (Wildman–Crippen MR) is 84.7 cm³/mol. The molecule has 0 atom stereocenters. The van der Waals surface area contributed by atoms with Crippen molar-refractivity contribution < 1.29 is 14.5 Å². The third kappa shape index (κ3) is 4.05. The first-order valence-electron chi connectivity index (χ1n) is 7.57. The molecule has 126 valence electrons. The molecule has 0 spiro atoms. The lowest BCUT2D eigenvalue weighted by atomic mass is 10.2. The topological polar surface area (TPSA) is 102 Å². The van der Waals surface area contributed by atoms with Crippen molar-refractivity contribution in [1.82, 2.24) is 9.97 Å². The molecule has 1 fully saturated rings. The highest BCUT2D eigenvalue weighted by Gasteiger charge is 2.29. The summed E-state index contributed by atoms with van der Waals surface area (Å²) >= 11 is 0. The van der Waals surface area contributed by atoms with Crippen LogP contribution in [-0.4, -0.2) is 54.7 Å². The van der Waals surface area contributed by atoms with E-state index < -0.39 is 10.9 Å². The van der Waals surface area contributed by atoms with Crippen molar-refractivity contribution in [3.05, 3.63) is 16.4 Å². The molecule has 0 unspecified atom stereocenters. The minimum Gasteiger partial charge on any atom is -0.468 e. The molecule has 0 bridgehead atoms. The van der Waals surface area contributed by atoms with Crippen LogP contribution >= 0.6 is 0 Å². The highest BCUT2D eigenvalue weighted by molar-refractivity contribution is 5.78. The normalized spacial score (nSPS) is 15.0. The Morgan fingerprint density at radius 2 is 2.00 bits per heavy atom. The molecule has 2 rings (SSSR count). The Balaban J connectivity index is 2.37. The van der Waals surface area contributed by atoms with Crippen LogP contribution in [0, 0.1) is 10.1 Å². The number of nitrogens with zero attached hydrogens (tertiary/aromatic N) is 5. The van der Waals surface area contributed by atoms with E-state index in [4.69, 9.17) is 0 Å². The number of esters is 1. The molecule has 0 amide bonds. The van der Waals surface area contributed by atoms with Crippen LogP contribution < -0.4 is 9.80 Å². The number of carbonyl (C=O) groups is 1. The fraction of sp³-hybridized carbons (Fsp3) is 0.643. The van der Waals surface area contributed by atoms with E-state index in [0.29, 0.717) is 5.82 Å². The van der Waals surface area contributed by atoms with Gasteiger partial charge in [-0.25, -0.2) is 9.97 Å². The maximum Gasteiger partial charge on any atom is 0.353 e. The van der Waals surface area contributed by atoms with Crippen LogP contribution in [0.15, 0.2) is 6.33 Å². The molecule has 1 saturated heterocycles. The van der Waals surface area contributed by atoms with Gasteiger partial charge < -0.3 is 14.5 Å². The summed E-state index contributed by atoms with van der Waals surface area (Å²) in [6.45, 7) is 1.35. The maximum atomic E-state index is 11.6. The highest BCUT2D eigenvalue weighted by atomic mass is 16.6. The zero-order valence-electron chi connectivity index (χ0n) is 13.4. The average molecular weight is 323 g/mol. The Morgan fingerprint density at radius 3 is 2.57 bits per heavy atom. The number of nitro groups is 1. The first-order chi connectivity index (χ1) is 11.0. The quantitative estimate of drug-likeness (QED) is 0.455. The van der Waals surface area contributed by atoms with Crippen molar-refractivity contribution in [1.29, 1.82) is 0 Å². The molecule has 9 nitrogen and oxygen atoms in total. The Morgan fingerprint density at radius 1 is 1.35 bits per heavy atom. The zero-order chi connectivity index (χ0) is 16.8. The van der Waals surface area contributed by atoms with Crippen molar-refractivity contribution in [2.75, 3.05) is 43.6 Å². The second-order valence-corrected chi connectivity index (χ2v) is 5.46. The maximum absolute atomic E-state index is 11.6. The summed E-state index contributed by atoms with van der Waals surface area (Å²) in [5.74, 6) is -0.0509. The summed E-state index contributed by atoms with van der Waals surface area (Å²) in [4.78, 5) is 34.0. The van der Waals surface area contributed by atoms with Gasteiger partial charge in [-0.2, -0.15) is 0 Å². The standard InChI is InChI=1S/C14H21N5O4/c1-17(9-11(20)23-2)13-12(19(21)22)14(16-10-15-13)18-7-5-3-4-6-8-18/h10H,3-9H2,1-2H3. The fourth-order valence-corrected chi connectivity index (χ4v) is 2.65. The molecular formula is C14H21N5O4. The minimum atomic E-state index is -0.489. The first kappa shape index (κ1) is 16.9. The largest absolute Gasteiger partial charge is 0.468 e. The van der Waals surface area contributed by atoms with Crippen LogP contribution in [0.2, 0.25) is 0 Å². The minimum absolute atomic E-state index is 0.117. The van der Waals surface area contributed by atoms with Crippen LogP contribution in [0.4, 0.5) is 17.3 Å². The third-order valence-electron chi connectivity index (χ3n) is 3.83. The number of anilines is 2. The summed E-state index contributed by atoms with van der Waals surface area (Å²) in [5.41, 5.74) is -0.166. The monoisotopic (exact) mass is 323 g/mol. The number of carbonyl (C=O) groups excluding carboxylic acids is 1. The molecule has 9 heteroatoms. The summed E-state index contributed by atoms with van der Waals surface area (Å²) in [6.07, 6.45) is 5.49. The number of ether oxygens (including phenoxy) is 1. The van der Waals surface area contributed by atoms with Gasteiger partial charge in [0.2, 0.25) is 11.6 Å². The second-order valence-electron chi connectivity index (χ2n) is 5.46. The summed E-state index contributed by atoms with van der Waals surface area (Å²) in [6, 6.07) is 0. The SMILES string of the molecule is COC(=O)CN(C)c1ncnc(N2CCCCCC2)c1[N+](=O)[O-]. The van der Waals surface area contributed by atoms with Crippen LogP contribution in [0.3, 0.4) is 0 Å². The van der Waals surface area contributed by atoms with Gasteiger partial charge in [0.15, 0.2) is 0 Å². The van der Waals surface area contributed by atoms with E-state index in [1.807, 2.05) is 4.90 Å². The van der Waals surface area contributed by atoms with Crippen molar-refractivity contribution in [3.8, 4) is 0 Å². The van der Waals surface area contributed by atoms with Gasteiger partial charge in [0.05, 0.1) is 12.0 Å². The van der Waals surface area contributed by atoms with E-state index in [1.165, 1.54) is 18.3 Å². The molecule has 1 aliphatic heterocycles. The first-order valence-corrected chi connectivity index (χ1v) is 7.57. The highest BCUT2D eigenvalue weighted by Crippen LogP contribution is 2.34. The molecule has 0 radical (unpaired) electrons. The second kappa shape index (κ2) is 7.70. The van der Waals surface area contributed by atoms with Gasteiger partial charge in [-0.3, -0.25) is 14.9 Å². The molecular weight excluding hydrogens is 302 g/mol. The van der Waals surface area contributed by atoms with E-state index >= 15 is 0 Å². The number of aromatic nitrogens is 2. The molecule has 0 aliphatic carbocycles. The zero-order valence-corrected chi connectivity index (χ0v) is 13.4. The van der Waals surface area contributed by atoms with Gasteiger partial charge >= 0.3 is 11.7 Å². The van der Waals surface area contributed by atoms with Crippen LogP contribution in [0.1, 0.15) is 25.7 Å². The van der Waals surface area contributed by atoms with Gasteiger partial charge in [0.1, 0.15) is 12.9 Å². The van der Waals surface area contributed by atoms with Gasteiger partial charge in [0.25, 0.3) is 0 Å². The molecule has 0 aromatic carbocycles. The molecule has 0 saturated carbocycles.